The zero-order valence-corrected chi connectivity index (χ0v) is 19.7. The molecule has 5 rings (SSSR count). The van der Waals surface area contributed by atoms with Crippen LogP contribution in [-0.4, -0.2) is 28.9 Å². The molecule has 0 saturated carbocycles. The van der Waals surface area contributed by atoms with Crippen molar-refractivity contribution in [3.05, 3.63) is 68.2 Å². The minimum Gasteiger partial charge on any atom is -0.391 e. The van der Waals surface area contributed by atoms with Crippen LogP contribution in [0.5, 0.6) is 0 Å². The number of carbonyl (C=O) groups is 2. The maximum Gasteiger partial charge on any atom is 0.192 e. The number of nitrogens with zero attached hydrogens (tertiary/aromatic N) is 2. The van der Waals surface area contributed by atoms with E-state index in [0.717, 1.165) is 88.2 Å². The molecule has 6 heteroatoms. The van der Waals surface area contributed by atoms with Gasteiger partial charge >= 0.3 is 0 Å². The lowest BCUT2D eigenvalue weighted by Crippen LogP contribution is -2.16. The van der Waals surface area contributed by atoms with E-state index < -0.39 is 0 Å². The van der Waals surface area contributed by atoms with Gasteiger partial charge in [-0.25, -0.2) is 4.63 Å². The number of carbonyl (C=O) groups excluding carboxylic acids is 2. The van der Waals surface area contributed by atoms with Crippen molar-refractivity contribution in [2.24, 2.45) is 0 Å². The van der Waals surface area contributed by atoms with Gasteiger partial charge in [0.05, 0.1) is 0 Å². The first-order valence-corrected chi connectivity index (χ1v) is 11.7. The average Bonchev–Trinajstić information content (AvgIpc) is 3.33. The number of ketones is 2. The van der Waals surface area contributed by atoms with Gasteiger partial charge in [0.15, 0.2) is 11.6 Å². The number of hydrogen-bond donors (Lipinski definition) is 1. The van der Waals surface area contributed by atoms with Crippen molar-refractivity contribution in [3.63, 3.8) is 0 Å². The molecule has 2 aromatic rings. The van der Waals surface area contributed by atoms with Crippen molar-refractivity contribution in [2.75, 3.05) is 7.05 Å². The lowest BCUT2D eigenvalue weighted by Gasteiger charge is -2.26. The Kier molecular flexibility index (Phi) is 5.39. The fourth-order valence-corrected chi connectivity index (χ4v) is 5.74. The van der Waals surface area contributed by atoms with Gasteiger partial charge in [0.1, 0.15) is 11.4 Å². The Bertz CT molecular complexity index is 1280. The molecular weight excluding hydrogens is 414 g/mol. The maximum atomic E-state index is 13.9. The lowest BCUT2D eigenvalue weighted by atomic mass is 9.78. The van der Waals surface area contributed by atoms with E-state index >= 15 is 0 Å². The van der Waals surface area contributed by atoms with Crippen LogP contribution >= 0.6 is 0 Å². The molecular formula is C27H29N3O3. The van der Waals surface area contributed by atoms with E-state index in [0.29, 0.717) is 6.42 Å². The number of Topliss-reactive ketones (excluding diaryl/α,β-unsaturated/α-hetero) is 1. The van der Waals surface area contributed by atoms with Crippen LogP contribution in [0.1, 0.15) is 88.9 Å². The van der Waals surface area contributed by atoms with E-state index in [4.69, 9.17) is 4.63 Å². The van der Waals surface area contributed by atoms with Crippen molar-refractivity contribution in [1.82, 2.24) is 15.6 Å². The fourth-order valence-electron chi connectivity index (χ4n) is 5.74. The summed E-state index contributed by atoms with van der Waals surface area (Å²) >= 11 is 0. The van der Waals surface area contributed by atoms with E-state index in [9.17, 15) is 9.59 Å². The second-order valence-corrected chi connectivity index (χ2v) is 9.36. The Morgan fingerprint density at radius 1 is 1.09 bits per heavy atom. The second-order valence-electron chi connectivity index (χ2n) is 9.36. The monoisotopic (exact) mass is 443 g/mol. The second kappa shape index (κ2) is 8.25. The summed E-state index contributed by atoms with van der Waals surface area (Å²) in [4.78, 5) is 26.2. The van der Waals surface area contributed by atoms with Gasteiger partial charge in [0.2, 0.25) is 0 Å². The molecule has 0 radical (unpaired) electrons. The SMILES string of the molecule is CN/C(C)=C1\C(=O)c2c(cc(C)c3c2CCC/C3=C\c2nonc2C)C1C1=CC(=O)CCC1. The summed E-state index contributed by atoms with van der Waals surface area (Å²) < 4.78 is 4.89. The van der Waals surface area contributed by atoms with Gasteiger partial charge in [-0.1, -0.05) is 22.0 Å². The maximum absolute atomic E-state index is 13.9. The van der Waals surface area contributed by atoms with Crippen molar-refractivity contribution in [2.45, 2.75) is 65.2 Å². The summed E-state index contributed by atoms with van der Waals surface area (Å²) in [6.45, 7) is 5.97. The molecule has 0 bridgehead atoms. The third-order valence-electron chi connectivity index (χ3n) is 7.31. The summed E-state index contributed by atoms with van der Waals surface area (Å²) in [6.07, 6.45) is 8.90. The predicted octanol–water partition coefficient (Wildman–Crippen LogP) is 5.02. The third-order valence-corrected chi connectivity index (χ3v) is 7.31. The highest BCUT2D eigenvalue weighted by molar-refractivity contribution is 6.17. The van der Waals surface area contributed by atoms with Crippen LogP contribution in [0.2, 0.25) is 0 Å². The summed E-state index contributed by atoms with van der Waals surface area (Å²) in [7, 11) is 1.85. The molecule has 1 unspecified atom stereocenters. The van der Waals surface area contributed by atoms with Crippen LogP contribution in [0.3, 0.4) is 0 Å². The van der Waals surface area contributed by atoms with Gasteiger partial charge in [-0.3, -0.25) is 9.59 Å². The molecule has 33 heavy (non-hydrogen) atoms. The molecule has 1 aromatic heterocycles. The molecule has 0 fully saturated rings. The molecule has 0 amide bonds. The van der Waals surface area contributed by atoms with Crippen molar-refractivity contribution >= 4 is 23.2 Å². The number of hydrogen-bond acceptors (Lipinski definition) is 6. The molecule has 170 valence electrons. The van der Waals surface area contributed by atoms with Crippen LogP contribution in [0, 0.1) is 13.8 Å². The first-order valence-electron chi connectivity index (χ1n) is 11.7. The molecule has 1 heterocycles. The van der Waals surface area contributed by atoms with Crippen molar-refractivity contribution < 1.29 is 14.2 Å². The minimum absolute atomic E-state index is 0.0950. The average molecular weight is 444 g/mol. The Morgan fingerprint density at radius 2 is 1.88 bits per heavy atom. The predicted molar refractivity (Wildman–Crippen MR) is 127 cm³/mol. The highest BCUT2D eigenvalue weighted by atomic mass is 16.6. The molecule has 1 N–H and O–H groups in total. The topological polar surface area (TPSA) is 85.1 Å². The van der Waals surface area contributed by atoms with E-state index in [-0.39, 0.29) is 17.5 Å². The van der Waals surface area contributed by atoms with Crippen molar-refractivity contribution in [3.8, 4) is 0 Å². The Morgan fingerprint density at radius 3 is 2.58 bits per heavy atom. The molecule has 1 aromatic carbocycles. The first-order chi connectivity index (χ1) is 15.9. The van der Waals surface area contributed by atoms with Crippen LogP contribution < -0.4 is 5.32 Å². The van der Waals surface area contributed by atoms with Gasteiger partial charge in [0, 0.05) is 36.2 Å². The number of aromatic nitrogens is 2. The number of allylic oxidation sites excluding steroid dienone is 5. The number of fused-ring (bicyclic) bond motifs is 3. The van der Waals surface area contributed by atoms with Crippen LogP contribution in [0.25, 0.3) is 11.6 Å². The smallest absolute Gasteiger partial charge is 0.192 e. The van der Waals surface area contributed by atoms with Gasteiger partial charge in [-0.15, -0.1) is 0 Å². The molecule has 0 saturated heterocycles. The van der Waals surface area contributed by atoms with Crippen LogP contribution in [0.15, 0.2) is 33.6 Å². The molecule has 6 nitrogen and oxygen atoms in total. The third kappa shape index (κ3) is 3.48. The summed E-state index contributed by atoms with van der Waals surface area (Å²) in [5.41, 5.74) is 10.7. The highest BCUT2D eigenvalue weighted by Crippen LogP contribution is 2.50. The van der Waals surface area contributed by atoms with Gasteiger partial charge in [-0.05, 0) is 92.9 Å². The van der Waals surface area contributed by atoms with Gasteiger partial charge in [-0.2, -0.15) is 0 Å². The quantitative estimate of drug-likeness (QED) is 0.671. The molecule has 0 aliphatic heterocycles. The lowest BCUT2D eigenvalue weighted by molar-refractivity contribution is -0.115. The molecule has 1 atom stereocenters. The standard InChI is InChI=1S/C27H29N3O3/c1-14-11-21-25(17-7-5-9-19(31)12-17)24(16(3)28-4)27(32)26(21)20-10-6-8-18(23(14)20)13-22-15(2)29-33-30-22/h11-13,25,28H,5-10H2,1-4H3/b18-13+,24-16-. The van der Waals surface area contributed by atoms with E-state index in [2.05, 4.69) is 34.7 Å². The number of nitrogens with one attached hydrogen (secondary N) is 1. The Hall–Kier alpha value is -3.28. The normalized spacial score (nSPS) is 22.8. The summed E-state index contributed by atoms with van der Waals surface area (Å²) in [6, 6.07) is 2.18. The Balaban J connectivity index is 1.74. The fraction of sp³-hybridized carbons (Fsp3) is 0.407. The van der Waals surface area contributed by atoms with E-state index in [1.807, 2.05) is 20.9 Å². The van der Waals surface area contributed by atoms with Crippen LogP contribution in [0.4, 0.5) is 0 Å². The summed E-state index contributed by atoms with van der Waals surface area (Å²) in [5, 5.41) is 11.1. The highest BCUT2D eigenvalue weighted by Gasteiger charge is 2.42. The molecule has 3 aliphatic rings. The zero-order chi connectivity index (χ0) is 23.3. The van der Waals surface area contributed by atoms with Crippen LogP contribution in [-0.2, 0) is 11.2 Å². The van der Waals surface area contributed by atoms with Gasteiger partial charge < -0.3 is 5.32 Å². The summed E-state index contributed by atoms with van der Waals surface area (Å²) in [5.74, 6) is 0.109. The molecule has 3 aliphatic carbocycles. The van der Waals surface area contributed by atoms with Crippen molar-refractivity contribution in [1.29, 1.82) is 0 Å². The largest absolute Gasteiger partial charge is 0.391 e. The Labute approximate surface area is 193 Å². The molecule has 0 spiro atoms. The number of aryl methyl sites for hydroxylation is 2. The number of rotatable bonds is 3. The minimum atomic E-state index is -0.149. The van der Waals surface area contributed by atoms with E-state index in [1.165, 1.54) is 5.57 Å². The first kappa shape index (κ1) is 21.6. The zero-order valence-electron chi connectivity index (χ0n) is 19.7. The number of benzene rings is 1. The van der Waals surface area contributed by atoms with E-state index in [1.54, 1.807) is 6.08 Å². The van der Waals surface area contributed by atoms with Gasteiger partial charge in [0.25, 0.3) is 0 Å².